The van der Waals surface area contributed by atoms with E-state index >= 15 is 0 Å². The van der Waals surface area contributed by atoms with Gasteiger partial charge in [-0.05, 0) is 43.1 Å². The van der Waals surface area contributed by atoms with Crippen molar-refractivity contribution in [3.05, 3.63) is 35.9 Å². The molecule has 2 aliphatic carbocycles. The lowest BCUT2D eigenvalue weighted by molar-refractivity contribution is -0.147. The van der Waals surface area contributed by atoms with Crippen molar-refractivity contribution in [2.24, 2.45) is 5.92 Å². The molecule has 0 saturated heterocycles. The molecule has 0 aromatic heterocycles. The fourth-order valence-electron chi connectivity index (χ4n) is 3.85. The number of hydrogen-bond acceptors (Lipinski definition) is 2. The third kappa shape index (κ3) is 3.01. The summed E-state index contributed by atoms with van der Waals surface area (Å²) in [5.74, 6) is -0.0358. The summed E-state index contributed by atoms with van der Waals surface area (Å²) in [7, 11) is 0. The minimum Gasteiger partial charge on any atom is -0.480 e. The molecule has 2 N–H and O–H groups in total. The molecule has 1 aromatic carbocycles. The molecule has 1 amide bonds. The quantitative estimate of drug-likeness (QED) is 0.878. The number of hydrogen-bond donors (Lipinski definition) is 2. The van der Waals surface area contributed by atoms with Crippen LogP contribution in [0.15, 0.2) is 30.3 Å². The molecule has 3 rings (SSSR count). The first kappa shape index (κ1) is 15.1. The van der Waals surface area contributed by atoms with Gasteiger partial charge in [0.15, 0.2) is 0 Å². The number of carbonyl (C=O) groups is 2. The highest BCUT2D eigenvalue weighted by Crippen LogP contribution is 2.43. The summed E-state index contributed by atoms with van der Waals surface area (Å²) in [6.07, 6.45) is 5.39. The van der Waals surface area contributed by atoms with Gasteiger partial charge < -0.3 is 10.4 Å². The number of nitrogens with one attached hydrogen (secondary N) is 1. The van der Waals surface area contributed by atoms with E-state index in [4.69, 9.17) is 0 Å². The minimum atomic E-state index is -1.00. The van der Waals surface area contributed by atoms with Crippen LogP contribution in [-0.2, 0) is 9.59 Å². The zero-order valence-electron chi connectivity index (χ0n) is 12.8. The molecule has 2 fully saturated rings. The van der Waals surface area contributed by atoms with Crippen LogP contribution in [0.25, 0.3) is 0 Å². The van der Waals surface area contributed by atoms with Crippen LogP contribution < -0.4 is 5.32 Å². The average molecular weight is 301 g/mol. The predicted molar refractivity (Wildman–Crippen MR) is 83.5 cm³/mol. The number of benzene rings is 1. The molecule has 0 atom stereocenters. The molecule has 22 heavy (non-hydrogen) atoms. The van der Waals surface area contributed by atoms with Gasteiger partial charge in [0.2, 0.25) is 5.91 Å². The van der Waals surface area contributed by atoms with Gasteiger partial charge in [0.1, 0.15) is 5.54 Å². The van der Waals surface area contributed by atoms with Gasteiger partial charge in [-0.1, -0.05) is 43.2 Å². The fraction of sp³-hybridized carbons (Fsp3) is 0.556. The topological polar surface area (TPSA) is 66.4 Å². The maximum atomic E-state index is 12.2. The number of rotatable bonds is 5. The largest absolute Gasteiger partial charge is 0.480 e. The second-order valence-electron chi connectivity index (χ2n) is 6.79. The molecular weight excluding hydrogens is 278 g/mol. The molecule has 1 aromatic rings. The predicted octanol–water partition coefficient (Wildman–Crippen LogP) is 3.08. The normalized spacial score (nSPS) is 26.2. The Morgan fingerprint density at radius 2 is 1.77 bits per heavy atom. The van der Waals surface area contributed by atoms with Gasteiger partial charge in [0.25, 0.3) is 0 Å². The summed E-state index contributed by atoms with van der Waals surface area (Å²) in [6, 6.07) is 10.4. The van der Waals surface area contributed by atoms with Crippen molar-refractivity contribution in [2.75, 3.05) is 0 Å². The first-order chi connectivity index (χ1) is 10.6. The summed E-state index contributed by atoms with van der Waals surface area (Å²) in [5.41, 5.74) is 0.344. The van der Waals surface area contributed by atoms with Crippen molar-refractivity contribution < 1.29 is 14.7 Å². The van der Waals surface area contributed by atoms with Crippen LogP contribution in [0.1, 0.15) is 56.4 Å². The molecule has 0 radical (unpaired) electrons. The van der Waals surface area contributed by atoms with Crippen LogP contribution in [0, 0.1) is 5.92 Å². The molecule has 118 valence electrons. The van der Waals surface area contributed by atoms with Crippen molar-refractivity contribution in [2.45, 2.75) is 56.4 Å². The molecule has 0 bridgehead atoms. The third-order valence-corrected chi connectivity index (χ3v) is 5.23. The number of carbonyl (C=O) groups excluding carboxylic acids is 1. The third-order valence-electron chi connectivity index (χ3n) is 5.23. The maximum absolute atomic E-state index is 12.2. The lowest BCUT2D eigenvalue weighted by atomic mass is 9.70. The average Bonchev–Trinajstić information content (AvgIpc) is 2.93. The number of carboxylic acids is 1. The van der Waals surface area contributed by atoms with Crippen molar-refractivity contribution in [3.8, 4) is 0 Å². The van der Waals surface area contributed by atoms with Crippen molar-refractivity contribution in [3.63, 3.8) is 0 Å². The van der Waals surface area contributed by atoms with E-state index in [-0.39, 0.29) is 5.91 Å². The summed E-state index contributed by atoms with van der Waals surface area (Å²) >= 11 is 0. The lowest BCUT2D eigenvalue weighted by Gasteiger charge is -2.36. The van der Waals surface area contributed by atoms with E-state index in [2.05, 4.69) is 17.4 Å². The fourth-order valence-corrected chi connectivity index (χ4v) is 3.85. The lowest BCUT2D eigenvalue weighted by Crippen LogP contribution is -2.53. The van der Waals surface area contributed by atoms with E-state index < -0.39 is 11.5 Å². The zero-order chi connectivity index (χ0) is 15.6. The van der Waals surface area contributed by atoms with Crippen LogP contribution in [0.3, 0.4) is 0 Å². The van der Waals surface area contributed by atoms with Gasteiger partial charge >= 0.3 is 5.97 Å². The van der Waals surface area contributed by atoms with Crippen LogP contribution >= 0.6 is 0 Å². The molecule has 4 heteroatoms. The highest BCUT2D eigenvalue weighted by Gasteiger charge is 2.43. The van der Waals surface area contributed by atoms with Crippen molar-refractivity contribution >= 4 is 11.9 Å². The molecule has 0 spiro atoms. The number of carboxylic acid groups (broad SMARTS) is 1. The van der Waals surface area contributed by atoms with Gasteiger partial charge in [-0.3, -0.25) is 4.79 Å². The minimum absolute atomic E-state index is 0.0965. The Bertz CT molecular complexity index is 543. The summed E-state index contributed by atoms with van der Waals surface area (Å²) in [6.45, 7) is 0. The molecule has 2 saturated carbocycles. The van der Waals surface area contributed by atoms with Gasteiger partial charge in [0.05, 0.1) is 0 Å². The Kier molecular flexibility index (Phi) is 4.19. The summed E-state index contributed by atoms with van der Waals surface area (Å²) in [4.78, 5) is 23.6. The smallest absolute Gasteiger partial charge is 0.329 e. The molecule has 0 heterocycles. The second-order valence-corrected chi connectivity index (χ2v) is 6.79. The molecule has 0 aliphatic heterocycles. The number of amides is 1. The standard InChI is InChI=1S/C18H23NO3/c20-16(19-18(17(21)22)8-4-5-9-18)12-13-10-15(11-13)14-6-2-1-3-7-14/h1-3,6-7,13,15H,4-5,8-12H2,(H,19,20)(H,21,22). The van der Waals surface area contributed by atoms with Crippen LogP contribution in [0.2, 0.25) is 0 Å². The van der Waals surface area contributed by atoms with E-state index in [1.165, 1.54) is 5.56 Å². The zero-order valence-corrected chi connectivity index (χ0v) is 12.8. The van der Waals surface area contributed by atoms with Crippen LogP contribution in [-0.4, -0.2) is 22.5 Å². The van der Waals surface area contributed by atoms with E-state index in [0.29, 0.717) is 31.1 Å². The Balaban J connectivity index is 1.49. The Hall–Kier alpha value is -1.84. The van der Waals surface area contributed by atoms with E-state index in [1.54, 1.807) is 0 Å². The highest BCUT2D eigenvalue weighted by atomic mass is 16.4. The maximum Gasteiger partial charge on any atom is 0.329 e. The Morgan fingerprint density at radius 3 is 2.36 bits per heavy atom. The van der Waals surface area contributed by atoms with Crippen molar-refractivity contribution in [1.29, 1.82) is 0 Å². The highest BCUT2D eigenvalue weighted by molar-refractivity contribution is 5.87. The molecule has 0 unspecified atom stereocenters. The summed E-state index contributed by atoms with van der Waals surface area (Å²) < 4.78 is 0. The van der Waals surface area contributed by atoms with Gasteiger partial charge in [-0.25, -0.2) is 4.79 Å². The van der Waals surface area contributed by atoms with E-state index in [0.717, 1.165) is 25.7 Å². The first-order valence-corrected chi connectivity index (χ1v) is 8.18. The number of aliphatic carboxylic acids is 1. The van der Waals surface area contributed by atoms with Crippen LogP contribution in [0.5, 0.6) is 0 Å². The molecule has 4 nitrogen and oxygen atoms in total. The Labute approximate surface area is 130 Å². The van der Waals surface area contributed by atoms with E-state index in [9.17, 15) is 14.7 Å². The SMILES string of the molecule is O=C(CC1CC(c2ccccc2)C1)NC1(C(=O)O)CCCC1. The summed E-state index contributed by atoms with van der Waals surface area (Å²) in [5, 5.41) is 12.2. The first-order valence-electron chi connectivity index (χ1n) is 8.18. The van der Waals surface area contributed by atoms with E-state index in [1.807, 2.05) is 18.2 Å². The van der Waals surface area contributed by atoms with Gasteiger partial charge in [-0.2, -0.15) is 0 Å². The molecule has 2 aliphatic rings. The van der Waals surface area contributed by atoms with Gasteiger partial charge in [-0.15, -0.1) is 0 Å². The van der Waals surface area contributed by atoms with Gasteiger partial charge in [0, 0.05) is 6.42 Å². The molecular formula is C18H23NO3. The second kappa shape index (κ2) is 6.11. The Morgan fingerprint density at radius 1 is 1.14 bits per heavy atom. The monoisotopic (exact) mass is 301 g/mol. The van der Waals surface area contributed by atoms with Crippen LogP contribution in [0.4, 0.5) is 0 Å². The van der Waals surface area contributed by atoms with Crippen molar-refractivity contribution in [1.82, 2.24) is 5.32 Å².